The zero-order valence-corrected chi connectivity index (χ0v) is 14.8. The topological polar surface area (TPSA) is 67.4 Å². The van der Waals surface area contributed by atoms with Crippen molar-refractivity contribution in [3.8, 4) is 5.75 Å². The Hall–Kier alpha value is -2.82. The second kappa shape index (κ2) is 8.87. The lowest BCUT2D eigenvalue weighted by molar-refractivity contribution is -0.139. The molecule has 2 N–H and O–H groups in total. The van der Waals surface area contributed by atoms with E-state index in [0.717, 1.165) is 16.7 Å². The summed E-state index contributed by atoms with van der Waals surface area (Å²) in [6, 6.07) is 15.2. The number of para-hydroxylation sites is 1. The van der Waals surface area contributed by atoms with Crippen molar-refractivity contribution >= 4 is 11.8 Å². The maximum atomic E-state index is 12.0. The Morgan fingerprint density at radius 2 is 1.40 bits per heavy atom. The van der Waals surface area contributed by atoms with Gasteiger partial charge in [0.2, 0.25) is 0 Å². The SMILES string of the molecule is Cc1ccccc1CNC(=O)C(=O)NCc1ccccc1OC(C)C. The van der Waals surface area contributed by atoms with Gasteiger partial charge in [0.1, 0.15) is 5.75 Å². The Balaban J connectivity index is 1.88. The lowest BCUT2D eigenvalue weighted by Crippen LogP contribution is -2.39. The second-order valence-electron chi connectivity index (χ2n) is 6.07. The van der Waals surface area contributed by atoms with E-state index in [1.807, 2.05) is 69.3 Å². The van der Waals surface area contributed by atoms with Crippen LogP contribution in [0, 0.1) is 6.92 Å². The smallest absolute Gasteiger partial charge is 0.309 e. The Morgan fingerprint density at radius 3 is 2.00 bits per heavy atom. The molecule has 0 aliphatic heterocycles. The molecule has 0 saturated carbocycles. The van der Waals surface area contributed by atoms with Crippen molar-refractivity contribution in [2.24, 2.45) is 0 Å². The summed E-state index contributed by atoms with van der Waals surface area (Å²) in [6.45, 7) is 6.40. The summed E-state index contributed by atoms with van der Waals surface area (Å²) in [5.74, 6) is -0.600. The minimum atomic E-state index is -0.659. The number of benzene rings is 2. The van der Waals surface area contributed by atoms with E-state index in [-0.39, 0.29) is 12.6 Å². The van der Waals surface area contributed by atoms with Crippen LogP contribution >= 0.6 is 0 Å². The van der Waals surface area contributed by atoms with Gasteiger partial charge >= 0.3 is 11.8 Å². The third kappa shape index (κ3) is 5.64. The van der Waals surface area contributed by atoms with E-state index in [1.165, 1.54) is 0 Å². The normalized spacial score (nSPS) is 10.4. The van der Waals surface area contributed by atoms with Crippen molar-refractivity contribution in [1.29, 1.82) is 0 Å². The Labute approximate surface area is 148 Å². The molecule has 0 fully saturated rings. The first-order valence-corrected chi connectivity index (χ1v) is 8.32. The summed E-state index contributed by atoms with van der Waals surface area (Å²) in [5, 5.41) is 5.27. The third-order valence-corrected chi connectivity index (χ3v) is 3.68. The van der Waals surface area contributed by atoms with Crippen LogP contribution in [-0.4, -0.2) is 17.9 Å². The minimum absolute atomic E-state index is 0.0364. The quantitative estimate of drug-likeness (QED) is 0.795. The number of carbonyl (C=O) groups is 2. The van der Waals surface area contributed by atoms with Crippen LogP contribution < -0.4 is 15.4 Å². The summed E-state index contributed by atoms with van der Waals surface area (Å²) in [4.78, 5) is 23.9. The molecule has 0 heterocycles. The van der Waals surface area contributed by atoms with Crippen LogP contribution in [0.5, 0.6) is 5.75 Å². The zero-order valence-electron chi connectivity index (χ0n) is 14.8. The lowest BCUT2D eigenvalue weighted by Gasteiger charge is -2.14. The maximum absolute atomic E-state index is 12.0. The number of amides is 2. The first-order valence-electron chi connectivity index (χ1n) is 8.32. The number of carbonyl (C=O) groups excluding carboxylic acids is 2. The molecule has 5 heteroatoms. The van der Waals surface area contributed by atoms with E-state index in [4.69, 9.17) is 4.74 Å². The predicted molar refractivity (Wildman–Crippen MR) is 97.1 cm³/mol. The van der Waals surface area contributed by atoms with Gasteiger partial charge in [-0.3, -0.25) is 9.59 Å². The fourth-order valence-corrected chi connectivity index (χ4v) is 2.34. The van der Waals surface area contributed by atoms with E-state index in [9.17, 15) is 9.59 Å². The van der Waals surface area contributed by atoms with Crippen molar-refractivity contribution in [1.82, 2.24) is 10.6 Å². The molecule has 0 aromatic heterocycles. The molecule has 0 aliphatic rings. The van der Waals surface area contributed by atoms with Crippen molar-refractivity contribution in [3.63, 3.8) is 0 Å². The number of nitrogens with one attached hydrogen (secondary N) is 2. The highest BCUT2D eigenvalue weighted by Gasteiger charge is 2.14. The molecule has 25 heavy (non-hydrogen) atoms. The first kappa shape index (κ1) is 18.5. The van der Waals surface area contributed by atoms with Gasteiger partial charge in [0, 0.05) is 18.7 Å². The van der Waals surface area contributed by atoms with E-state index < -0.39 is 11.8 Å². The summed E-state index contributed by atoms with van der Waals surface area (Å²) in [5.41, 5.74) is 2.89. The summed E-state index contributed by atoms with van der Waals surface area (Å²) < 4.78 is 5.70. The van der Waals surface area contributed by atoms with Crippen LogP contribution in [0.15, 0.2) is 48.5 Å². The highest BCUT2D eigenvalue weighted by atomic mass is 16.5. The molecule has 0 saturated heterocycles. The zero-order chi connectivity index (χ0) is 18.2. The molecule has 2 rings (SSSR count). The summed E-state index contributed by atoms with van der Waals surface area (Å²) >= 11 is 0. The average molecular weight is 340 g/mol. The molecular weight excluding hydrogens is 316 g/mol. The molecule has 0 unspecified atom stereocenters. The van der Waals surface area contributed by atoms with Crippen LogP contribution in [-0.2, 0) is 22.7 Å². The molecule has 0 radical (unpaired) electrons. The molecule has 132 valence electrons. The van der Waals surface area contributed by atoms with Gasteiger partial charge < -0.3 is 15.4 Å². The summed E-state index contributed by atoms with van der Waals surface area (Å²) in [7, 11) is 0. The molecule has 2 aromatic carbocycles. The molecule has 5 nitrogen and oxygen atoms in total. The molecule has 0 bridgehead atoms. The second-order valence-corrected chi connectivity index (χ2v) is 6.07. The van der Waals surface area contributed by atoms with Crippen LogP contribution in [0.1, 0.15) is 30.5 Å². The lowest BCUT2D eigenvalue weighted by atomic mass is 10.1. The fraction of sp³-hybridized carbons (Fsp3) is 0.300. The summed E-state index contributed by atoms with van der Waals surface area (Å²) in [6.07, 6.45) is 0.0364. The van der Waals surface area contributed by atoms with Gasteiger partial charge in [0.15, 0.2) is 0 Å². The van der Waals surface area contributed by atoms with Gasteiger partial charge in [0.25, 0.3) is 0 Å². The van der Waals surface area contributed by atoms with Gasteiger partial charge in [-0.2, -0.15) is 0 Å². The molecule has 0 atom stereocenters. The van der Waals surface area contributed by atoms with Gasteiger partial charge in [-0.1, -0.05) is 42.5 Å². The van der Waals surface area contributed by atoms with Crippen molar-refractivity contribution in [2.75, 3.05) is 0 Å². The Kier molecular flexibility index (Phi) is 6.57. The number of aryl methyl sites for hydroxylation is 1. The van der Waals surface area contributed by atoms with Gasteiger partial charge in [-0.25, -0.2) is 0 Å². The molecule has 0 aliphatic carbocycles. The Bertz CT molecular complexity index is 741. The van der Waals surface area contributed by atoms with E-state index in [1.54, 1.807) is 0 Å². The van der Waals surface area contributed by atoms with Crippen LogP contribution in [0.3, 0.4) is 0 Å². The molecular formula is C20H24N2O3. The van der Waals surface area contributed by atoms with Gasteiger partial charge in [-0.05, 0) is 38.0 Å². The van der Waals surface area contributed by atoms with Crippen LogP contribution in [0.25, 0.3) is 0 Å². The number of ether oxygens (including phenoxy) is 1. The van der Waals surface area contributed by atoms with Crippen LogP contribution in [0.4, 0.5) is 0 Å². The molecule has 0 spiro atoms. The van der Waals surface area contributed by atoms with E-state index >= 15 is 0 Å². The number of hydrogen-bond donors (Lipinski definition) is 2. The van der Waals surface area contributed by atoms with Gasteiger partial charge in [-0.15, -0.1) is 0 Å². The highest BCUT2D eigenvalue weighted by Crippen LogP contribution is 2.19. The predicted octanol–water partition coefficient (Wildman–Crippen LogP) is 2.71. The van der Waals surface area contributed by atoms with Gasteiger partial charge in [0.05, 0.1) is 6.10 Å². The Morgan fingerprint density at radius 1 is 0.880 bits per heavy atom. The minimum Gasteiger partial charge on any atom is -0.491 e. The average Bonchev–Trinajstić information content (AvgIpc) is 2.59. The number of hydrogen-bond acceptors (Lipinski definition) is 3. The highest BCUT2D eigenvalue weighted by molar-refractivity contribution is 6.35. The fourth-order valence-electron chi connectivity index (χ4n) is 2.34. The van der Waals surface area contributed by atoms with Crippen molar-refractivity contribution < 1.29 is 14.3 Å². The number of rotatable bonds is 6. The van der Waals surface area contributed by atoms with Crippen molar-refractivity contribution in [2.45, 2.75) is 40.0 Å². The third-order valence-electron chi connectivity index (χ3n) is 3.68. The monoisotopic (exact) mass is 340 g/mol. The standard InChI is InChI=1S/C20H24N2O3/c1-14(2)25-18-11-7-6-10-17(18)13-22-20(24)19(23)21-12-16-9-5-4-8-15(16)3/h4-11,14H,12-13H2,1-3H3,(H,21,23)(H,22,24). The molecule has 2 amide bonds. The van der Waals surface area contributed by atoms with Crippen LogP contribution in [0.2, 0.25) is 0 Å². The van der Waals surface area contributed by atoms with E-state index in [2.05, 4.69) is 10.6 Å². The van der Waals surface area contributed by atoms with Crippen molar-refractivity contribution in [3.05, 3.63) is 65.2 Å². The molecule has 2 aromatic rings. The van der Waals surface area contributed by atoms with E-state index in [0.29, 0.717) is 12.3 Å². The largest absolute Gasteiger partial charge is 0.491 e. The maximum Gasteiger partial charge on any atom is 0.309 e. The first-order chi connectivity index (χ1) is 12.0.